The van der Waals surface area contributed by atoms with Gasteiger partial charge >= 0.3 is 0 Å². The Balaban J connectivity index is 2.24. The molecule has 0 fully saturated rings. The molecule has 2 rings (SSSR count). The second-order valence-electron chi connectivity index (χ2n) is 4.91. The van der Waals surface area contributed by atoms with E-state index in [0.717, 1.165) is 17.5 Å². The summed E-state index contributed by atoms with van der Waals surface area (Å²) < 4.78 is 13.1. The topological polar surface area (TPSA) is 86.7 Å². The van der Waals surface area contributed by atoms with Gasteiger partial charge in [0.05, 0.1) is 0 Å². The molecule has 1 aromatic heterocycles. The Kier molecular flexibility index (Phi) is 4.49. The first-order valence-electron chi connectivity index (χ1n) is 6.44. The zero-order valence-electron chi connectivity index (χ0n) is 11.9. The molecular formula is C13H19N5OS. The molecule has 1 aromatic carbocycles. The van der Waals surface area contributed by atoms with Crippen LogP contribution >= 0.6 is 0 Å². The number of anilines is 1. The van der Waals surface area contributed by atoms with Crippen molar-refractivity contribution >= 4 is 16.5 Å². The largest absolute Gasteiger partial charge is 0.398 e. The number of aryl methyl sites for hydroxylation is 2. The summed E-state index contributed by atoms with van der Waals surface area (Å²) >= 11 is 0. The van der Waals surface area contributed by atoms with Gasteiger partial charge in [-0.1, -0.05) is 18.6 Å². The van der Waals surface area contributed by atoms with Gasteiger partial charge in [-0.2, -0.15) is 0 Å². The van der Waals surface area contributed by atoms with Crippen LogP contribution in [0.2, 0.25) is 0 Å². The lowest BCUT2D eigenvalue weighted by Crippen LogP contribution is -2.14. The van der Waals surface area contributed by atoms with Crippen molar-refractivity contribution in [3.63, 3.8) is 0 Å². The maximum Gasteiger partial charge on any atom is 0.184 e. The Labute approximate surface area is 120 Å². The highest BCUT2D eigenvalue weighted by atomic mass is 32.2. The van der Waals surface area contributed by atoms with Crippen molar-refractivity contribution in [2.75, 3.05) is 12.0 Å². The predicted octanol–water partition coefficient (Wildman–Crippen LogP) is 1.39. The number of aromatic nitrogens is 4. The van der Waals surface area contributed by atoms with Crippen molar-refractivity contribution in [3.8, 4) is 11.4 Å². The first-order chi connectivity index (χ1) is 9.49. The maximum absolute atomic E-state index is 11.4. The van der Waals surface area contributed by atoms with Gasteiger partial charge in [-0.25, -0.2) is 4.68 Å². The Hall–Kier alpha value is -1.76. The van der Waals surface area contributed by atoms with E-state index in [-0.39, 0.29) is 5.25 Å². The zero-order chi connectivity index (χ0) is 14.7. The maximum atomic E-state index is 11.4. The number of rotatable bonds is 5. The summed E-state index contributed by atoms with van der Waals surface area (Å²) in [5.41, 5.74) is 8.58. The van der Waals surface area contributed by atoms with Crippen molar-refractivity contribution in [1.82, 2.24) is 20.2 Å². The second-order valence-corrected chi connectivity index (χ2v) is 6.72. The van der Waals surface area contributed by atoms with Crippen LogP contribution in [-0.4, -0.2) is 35.9 Å². The standard InChI is InChI=1S/C13H19N5OS/c1-9-4-5-12(14)11(8-9)13-15-16-17-18(13)7-6-10(2)20(3)19/h4-5,8,10H,6-7,14H2,1-3H3. The Bertz CT molecular complexity index is 625. The van der Waals surface area contributed by atoms with Gasteiger partial charge in [0, 0.05) is 40.1 Å². The molecule has 0 aliphatic carbocycles. The Morgan fingerprint density at radius 2 is 2.20 bits per heavy atom. The SMILES string of the molecule is Cc1ccc(N)c(-c2nnnn2CCC(C)S(C)=O)c1. The number of nitrogens with two attached hydrogens (primary N) is 1. The number of hydrogen-bond donors (Lipinski definition) is 1. The summed E-state index contributed by atoms with van der Waals surface area (Å²) in [5.74, 6) is 0.653. The summed E-state index contributed by atoms with van der Waals surface area (Å²) in [6, 6.07) is 5.78. The summed E-state index contributed by atoms with van der Waals surface area (Å²) in [4.78, 5) is 0. The minimum atomic E-state index is -0.838. The number of tetrazole rings is 1. The second kappa shape index (κ2) is 6.13. The molecule has 1 heterocycles. The van der Waals surface area contributed by atoms with Crippen LogP contribution in [-0.2, 0) is 17.3 Å². The summed E-state index contributed by atoms with van der Waals surface area (Å²) in [6.07, 6.45) is 2.47. The van der Waals surface area contributed by atoms with Gasteiger partial charge in [-0.3, -0.25) is 4.21 Å². The molecule has 20 heavy (non-hydrogen) atoms. The van der Waals surface area contributed by atoms with Gasteiger partial charge in [-0.15, -0.1) is 5.10 Å². The molecule has 2 unspecified atom stereocenters. The van der Waals surface area contributed by atoms with Gasteiger partial charge in [0.15, 0.2) is 5.82 Å². The smallest absolute Gasteiger partial charge is 0.184 e. The average molecular weight is 293 g/mol. The highest BCUT2D eigenvalue weighted by Crippen LogP contribution is 2.24. The lowest BCUT2D eigenvalue weighted by atomic mass is 10.1. The van der Waals surface area contributed by atoms with Crippen LogP contribution in [0.4, 0.5) is 5.69 Å². The normalized spacial score (nSPS) is 14.2. The summed E-state index contributed by atoms with van der Waals surface area (Å²) in [5, 5.41) is 11.9. The Morgan fingerprint density at radius 1 is 1.45 bits per heavy atom. The van der Waals surface area contributed by atoms with Gasteiger partial charge < -0.3 is 5.73 Å². The molecule has 0 radical (unpaired) electrons. The molecule has 0 aliphatic rings. The molecule has 0 spiro atoms. The van der Waals surface area contributed by atoms with E-state index < -0.39 is 10.8 Å². The molecule has 0 amide bonds. The van der Waals surface area contributed by atoms with Crippen LogP contribution in [0.1, 0.15) is 18.9 Å². The van der Waals surface area contributed by atoms with E-state index in [4.69, 9.17) is 5.73 Å². The average Bonchev–Trinajstić information content (AvgIpc) is 2.86. The molecule has 108 valence electrons. The third kappa shape index (κ3) is 3.22. The molecule has 2 atom stereocenters. The zero-order valence-corrected chi connectivity index (χ0v) is 12.7. The first kappa shape index (κ1) is 14.6. The van der Waals surface area contributed by atoms with Crippen LogP contribution in [0.5, 0.6) is 0 Å². The monoisotopic (exact) mass is 293 g/mol. The fourth-order valence-electron chi connectivity index (χ4n) is 1.88. The van der Waals surface area contributed by atoms with Crippen LogP contribution in [0.25, 0.3) is 11.4 Å². The number of hydrogen-bond acceptors (Lipinski definition) is 5. The highest BCUT2D eigenvalue weighted by molar-refractivity contribution is 7.84. The van der Waals surface area contributed by atoms with Crippen LogP contribution in [0.15, 0.2) is 18.2 Å². The van der Waals surface area contributed by atoms with Crippen molar-refractivity contribution in [1.29, 1.82) is 0 Å². The van der Waals surface area contributed by atoms with E-state index in [1.54, 1.807) is 10.9 Å². The van der Waals surface area contributed by atoms with Gasteiger partial charge in [-0.05, 0) is 35.9 Å². The predicted molar refractivity (Wildman–Crippen MR) is 80.5 cm³/mol. The van der Waals surface area contributed by atoms with Crippen LogP contribution in [0, 0.1) is 6.92 Å². The first-order valence-corrected chi connectivity index (χ1v) is 8.06. The molecule has 7 heteroatoms. The van der Waals surface area contributed by atoms with E-state index in [1.165, 1.54) is 0 Å². The van der Waals surface area contributed by atoms with E-state index in [1.807, 2.05) is 32.0 Å². The van der Waals surface area contributed by atoms with Crippen LogP contribution in [0.3, 0.4) is 0 Å². The van der Waals surface area contributed by atoms with Crippen LogP contribution < -0.4 is 5.73 Å². The Morgan fingerprint density at radius 3 is 2.90 bits per heavy atom. The molecule has 2 aromatic rings. The van der Waals surface area contributed by atoms with Gasteiger partial charge in [0.2, 0.25) is 0 Å². The minimum Gasteiger partial charge on any atom is -0.398 e. The van der Waals surface area contributed by atoms with Gasteiger partial charge in [0.1, 0.15) is 0 Å². The molecule has 6 nitrogen and oxygen atoms in total. The van der Waals surface area contributed by atoms with Gasteiger partial charge in [0.25, 0.3) is 0 Å². The summed E-state index contributed by atoms with van der Waals surface area (Å²) in [6.45, 7) is 4.58. The van der Waals surface area contributed by atoms with E-state index in [0.29, 0.717) is 18.1 Å². The lowest BCUT2D eigenvalue weighted by Gasteiger charge is -2.10. The quantitative estimate of drug-likeness (QED) is 0.842. The van der Waals surface area contributed by atoms with E-state index in [2.05, 4.69) is 15.5 Å². The fraction of sp³-hybridized carbons (Fsp3) is 0.462. The lowest BCUT2D eigenvalue weighted by molar-refractivity contribution is 0.556. The van der Waals surface area contributed by atoms with Crippen molar-refractivity contribution in [2.24, 2.45) is 0 Å². The van der Waals surface area contributed by atoms with E-state index in [9.17, 15) is 4.21 Å². The third-order valence-corrected chi connectivity index (χ3v) is 4.66. The van der Waals surface area contributed by atoms with Crippen molar-refractivity contribution in [2.45, 2.75) is 32.1 Å². The highest BCUT2D eigenvalue weighted by Gasteiger charge is 2.14. The molecule has 0 aliphatic heterocycles. The fourth-order valence-corrected chi connectivity index (χ4v) is 2.32. The van der Waals surface area contributed by atoms with Crippen molar-refractivity contribution < 1.29 is 4.21 Å². The van der Waals surface area contributed by atoms with Crippen molar-refractivity contribution in [3.05, 3.63) is 23.8 Å². The third-order valence-electron chi connectivity index (χ3n) is 3.30. The molecular weight excluding hydrogens is 274 g/mol. The molecule has 0 bridgehead atoms. The number of nitrogen functional groups attached to an aromatic ring is 1. The number of benzene rings is 1. The van der Waals surface area contributed by atoms with E-state index >= 15 is 0 Å². The molecule has 0 saturated carbocycles. The summed E-state index contributed by atoms with van der Waals surface area (Å²) in [7, 11) is -0.838. The molecule has 0 saturated heterocycles. The minimum absolute atomic E-state index is 0.113. The molecule has 2 N–H and O–H groups in total. The number of nitrogens with zero attached hydrogens (tertiary/aromatic N) is 4.